The van der Waals surface area contributed by atoms with E-state index in [1.165, 1.54) is 0 Å². The molecule has 1 amide bonds. The Bertz CT molecular complexity index is 276. The van der Waals surface area contributed by atoms with Gasteiger partial charge in [0.05, 0.1) is 13.0 Å². The predicted molar refractivity (Wildman–Crippen MR) is 68.4 cm³/mol. The van der Waals surface area contributed by atoms with E-state index < -0.39 is 5.97 Å². The van der Waals surface area contributed by atoms with Crippen molar-refractivity contribution >= 4 is 11.9 Å². The molecule has 1 aliphatic rings. The summed E-state index contributed by atoms with van der Waals surface area (Å²) < 4.78 is 0. The fourth-order valence-corrected chi connectivity index (χ4v) is 1.95. The van der Waals surface area contributed by atoms with Crippen LogP contribution in [0.15, 0.2) is 0 Å². The molecule has 0 saturated carbocycles. The van der Waals surface area contributed by atoms with Gasteiger partial charge in [0.15, 0.2) is 0 Å². The summed E-state index contributed by atoms with van der Waals surface area (Å²) in [5, 5.41) is 11.5. The predicted octanol–water partition coefficient (Wildman–Crippen LogP) is -0.395. The molecular formula is C12H23N3O3. The van der Waals surface area contributed by atoms with E-state index in [-0.39, 0.29) is 12.3 Å². The van der Waals surface area contributed by atoms with E-state index in [1.807, 2.05) is 6.92 Å². The number of nitrogens with one attached hydrogen (secondary N) is 1. The molecule has 104 valence electrons. The molecule has 0 aliphatic carbocycles. The summed E-state index contributed by atoms with van der Waals surface area (Å²) >= 11 is 0. The molecule has 1 saturated heterocycles. The molecule has 6 nitrogen and oxygen atoms in total. The van der Waals surface area contributed by atoms with Crippen molar-refractivity contribution in [1.29, 1.82) is 0 Å². The fourth-order valence-electron chi connectivity index (χ4n) is 1.95. The van der Waals surface area contributed by atoms with E-state index in [0.29, 0.717) is 13.1 Å². The number of carboxylic acid groups (broad SMARTS) is 1. The maximum absolute atomic E-state index is 11.5. The molecule has 0 radical (unpaired) electrons. The van der Waals surface area contributed by atoms with Gasteiger partial charge in [-0.1, -0.05) is 6.92 Å². The van der Waals surface area contributed by atoms with Gasteiger partial charge in [-0.25, -0.2) is 0 Å². The normalized spacial score (nSPS) is 17.6. The van der Waals surface area contributed by atoms with Crippen LogP contribution >= 0.6 is 0 Å². The Balaban J connectivity index is 2.14. The molecule has 18 heavy (non-hydrogen) atoms. The number of carbonyl (C=O) groups is 2. The topological polar surface area (TPSA) is 72.9 Å². The first-order chi connectivity index (χ1) is 8.61. The SMILES string of the molecule is CCCNC(=O)CN1CCN(CCC(=O)O)CC1. The Morgan fingerprint density at radius 2 is 1.78 bits per heavy atom. The van der Waals surface area contributed by atoms with Gasteiger partial charge in [0.1, 0.15) is 0 Å². The van der Waals surface area contributed by atoms with Crippen molar-refractivity contribution in [2.45, 2.75) is 19.8 Å². The third kappa shape index (κ3) is 5.97. The number of rotatable bonds is 7. The van der Waals surface area contributed by atoms with Gasteiger partial charge in [-0.15, -0.1) is 0 Å². The monoisotopic (exact) mass is 257 g/mol. The van der Waals surface area contributed by atoms with Crippen molar-refractivity contribution in [1.82, 2.24) is 15.1 Å². The Labute approximate surface area is 108 Å². The number of hydrogen-bond donors (Lipinski definition) is 2. The van der Waals surface area contributed by atoms with Gasteiger partial charge in [0, 0.05) is 39.3 Å². The minimum absolute atomic E-state index is 0.0795. The summed E-state index contributed by atoms with van der Waals surface area (Å²) in [5.41, 5.74) is 0. The molecule has 0 spiro atoms. The van der Waals surface area contributed by atoms with Crippen LogP contribution in [-0.4, -0.2) is 72.6 Å². The van der Waals surface area contributed by atoms with E-state index in [4.69, 9.17) is 5.11 Å². The average Bonchev–Trinajstić information content (AvgIpc) is 2.35. The molecule has 1 fully saturated rings. The summed E-state index contributed by atoms with van der Waals surface area (Å²) in [7, 11) is 0. The molecular weight excluding hydrogens is 234 g/mol. The van der Waals surface area contributed by atoms with Crippen molar-refractivity contribution in [2.24, 2.45) is 0 Å². The van der Waals surface area contributed by atoms with Gasteiger partial charge >= 0.3 is 5.97 Å². The van der Waals surface area contributed by atoms with Gasteiger partial charge < -0.3 is 15.3 Å². The second-order valence-electron chi connectivity index (χ2n) is 4.61. The number of carbonyl (C=O) groups excluding carboxylic acids is 1. The summed E-state index contributed by atoms with van der Waals surface area (Å²) in [5.74, 6) is -0.674. The highest BCUT2D eigenvalue weighted by Gasteiger charge is 2.18. The molecule has 0 atom stereocenters. The number of nitrogens with zero attached hydrogens (tertiary/aromatic N) is 2. The maximum atomic E-state index is 11.5. The molecule has 0 aromatic rings. The first-order valence-corrected chi connectivity index (χ1v) is 6.55. The van der Waals surface area contributed by atoms with E-state index in [0.717, 1.165) is 39.1 Å². The largest absolute Gasteiger partial charge is 0.481 e. The zero-order chi connectivity index (χ0) is 13.4. The van der Waals surface area contributed by atoms with Crippen LogP contribution in [0.5, 0.6) is 0 Å². The Hall–Kier alpha value is -1.14. The molecule has 6 heteroatoms. The first-order valence-electron chi connectivity index (χ1n) is 6.55. The third-order valence-electron chi connectivity index (χ3n) is 3.05. The summed E-state index contributed by atoms with van der Waals surface area (Å²) in [6, 6.07) is 0. The average molecular weight is 257 g/mol. The first kappa shape index (κ1) is 14.9. The van der Waals surface area contributed by atoms with Crippen LogP contribution in [-0.2, 0) is 9.59 Å². The zero-order valence-electron chi connectivity index (χ0n) is 11.0. The standard InChI is InChI=1S/C12H23N3O3/c1-2-4-13-11(16)10-15-8-6-14(7-9-15)5-3-12(17)18/h2-10H2,1H3,(H,13,16)(H,17,18). The summed E-state index contributed by atoms with van der Waals surface area (Å²) in [6.45, 7) is 7.16. The highest BCUT2D eigenvalue weighted by atomic mass is 16.4. The maximum Gasteiger partial charge on any atom is 0.304 e. The number of carboxylic acids is 1. The van der Waals surface area contributed by atoms with E-state index >= 15 is 0 Å². The van der Waals surface area contributed by atoms with Gasteiger partial charge in [0.2, 0.25) is 5.91 Å². The van der Waals surface area contributed by atoms with Crippen LogP contribution in [0.2, 0.25) is 0 Å². The lowest BCUT2D eigenvalue weighted by Gasteiger charge is -2.33. The molecule has 0 aromatic carbocycles. The van der Waals surface area contributed by atoms with Gasteiger partial charge in [-0.2, -0.15) is 0 Å². The van der Waals surface area contributed by atoms with Crippen molar-refractivity contribution in [2.75, 3.05) is 45.8 Å². The molecule has 0 unspecified atom stereocenters. The van der Waals surface area contributed by atoms with Crippen LogP contribution in [0.25, 0.3) is 0 Å². The summed E-state index contributed by atoms with van der Waals surface area (Å²) in [6.07, 6.45) is 1.14. The molecule has 1 aliphatic heterocycles. The fraction of sp³-hybridized carbons (Fsp3) is 0.833. The summed E-state index contributed by atoms with van der Waals surface area (Å²) in [4.78, 5) is 26.2. The lowest BCUT2D eigenvalue weighted by atomic mass is 10.3. The molecule has 1 rings (SSSR count). The van der Waals surface area contributed by atoms with Crippen LogP contribution in [0.4, 0.5) is 0 Å². The van der Waals surface area contributed by atoms with Gasteiger partial charge in [-0.05, 0) is 6.42 Å². The minimum Gasteiger partial charge on any atom is -0.481 e. The number of hydrogen-bond acceptors (Lipinski definition) is 4. The van der Waals surface area contributed by atoms with E-state index in [2.05, 4.69) is 15.1 Å². The Morgan fingerprint density at radius 3 is 2.33 bits per heavy atom. The third-order valence-corrected chi connectivity index (χ3v) is 3.05. The van der Waals surface area contributed by atoms with Crippen molar-refractivity contribution < 1.29 is 14.7 Å². The van der Waals surface area contributed by atoms with Gasteiger partial charge in [0.25, 0.3) is 0 Å². The van der Waals surface area contributed by atoms with E-state index in [1.54, 1.807) is 0 Å². The highest BCUT2D eigenvalue weighted by molar-refractivity contribution is 5.77. The smallest absolute Gasteiger partial charge is 0.304 e. The lowest BCUT2D eigenvalue weighted by molar-refractivity contribution is -0.137. The Morgan fingerprint density at radius 1 is 1.17 bits per heavy atom. The number of piperazine rings is 1. The van der Waals surface area contributed by atoms with Gasteiger partial charge in [-0.3, -0.25) is 14.5 Å². The second-order valence-corrected chi connectivity index (χ2v) is 4.61. The van der Waals surface area contributed by atoms with Crippen LogP contribution < -0.4 is 5.32 Å². The number of amides is 1. The molecule has 0 bridgehead atoms. The van der Waals surface area contributed by atoms with Crippen LogP contribution in [0.3, 0.4) is 0 Å². The Kier molecular flexibility index (Phi) is 6.67. The lowest BCUT2D eigenvalue weighted by Crippen LogP contribution is -2.49. The molecule has 1 heterocycles. The zero-order valence-corrected chi connectivity index (χ0v) is 11.0. The molecule has 0 aromatic heterocycles. The van der Waals surface area contributed by atoms with Crippen molar-refractivity contribution in [3.63, 3.8) is 0 Å². The van der Waals surface area contributed by atoms with Crippen LogP contribution in [0, 0.1) is 0 Å². The highest BCUT2D eigenvalue weighted by Crippen LogP contribution is 2.02. The quantitative estimate of drug-likeness (QED) is 0.649. The van der Waals surface area contributed by atoms with E-state index in [9.17, 15) is 9.59 Å². The van der Waals surface area contributed by atoms with Crippen molar-refractivity contribution in [3.8, 4) is 0 Å². The van der Waals surface area contributed by atoms with Crippen molar-refractivity contribution in [3.05, 3.63) is 0 Å². The molecule has 2 N–H and O–H groups in total. The second kappa shape index (κ2) is 8.05. The van der Waals surface area contributed by atoms with Crippen LogP contribution in [0.1, 0.15) is 19.8 Å². The number of aliphatic carboxylic acids is 1. The minimum atomic E-state index is -0.753.